The minimum absolute atomic E-state index is 0.0127. The molecule has 0 radical (unpaired) electrons. The number of aliphatic hydroxyl groups excluding tert-OH is 2. The second kappa shape index (κ2) is 45.4. The molecule has 10 atom stereocenters. The topological polar surface area (TPSA) is 675 Å². The molecule has 0 aromatic carbocycles. The predicted octanol–water partition coefficient (Wildman–Crippen LogP) is -10.9. The highest BCUT2D eigenvalue weighted by Gasteiger charge is 2.36. The van der Waals surface area contributed by atoms with Crippen molar-refractivity contribution in [2.24, 2.45) is 61.0 Å². The number of hydrogen-bond acceptors (Lipinski definition) is 21. The lowest BCUT2D eigenvalue weighted by molar-refractivity contribution is -0.137. The molecule has 1 fully saturated rings. The van der Waals surface area contributed by atoms with Crippen LogP contribution in [0.1, 0.15) is 97.6 Å². The van der Waals surface area contributed by atoms with Crippen LogP contribution in [0.15, 0.2) is 27.5 Å². The summed E-state index contributed by atoms with van der Waals surface area (Å²) in [5.74, 6) is -12.9. The van der Waals surface area contributed by atoms with Crippen LogP contribution in [0.4, 0.5) is 0 Å². The second-order valence-corrected chi connectivity index (χ2v) is 24.2. The molecule has 2 heterocycles. The van der Waals surface area contributed by atoms with Gasteiger partial charge in [0.05, 0.1) is 39.2 Å². The maximum Gasteiger partial charge on any atom is 0.245 e. The van der Waals surface area contributed by atoms with Gasteiger partial charge in [-0.15, -0.1) is 0 Å². The van der Waals surface area contributed by atoms with E-state index in [9.17, 15) is 77.3 Å². The maximum atomic E-state index is 14.4. The van der Waals surface area contributed by atoms with E-state index < -0.39 is 170 Å². The largest absolute Gasteiger partial charge is 0.394 e. The number of aliphatic hydroxyl groups is 2. The number of nitrogens with two attached hydrogens (primary N) is 7. The van der Waals surface area contributed by atoms with Gasteiger partial charge in [0.2, 0.25) is 82.7 Å². The number of amides is 14. The Morgan fingerprint density at radius 1 is 0.545 bits per heavy atom. The standard InChI is InChI=1S/C57H99N25O16S/c1-29(2)20-37(78-49(93)34(11-7-16-67-56(61)62)76-51(95)36(14-19-99-5)75-44(88)25-71-54(98)41-13-9-18-82(41)31(4)85)52(96)77-35(12-8-17-68-57(63)64)50(94)80-39(26-83)47(91)70-24-43(87)74-33(10-6-15-66-55(59)60)48(92)81-40(27-84)53(97)79-38(21-32-22-65-28-72-32)46(90)69-23-42(86)73-30(3)45(58)89/h22,28-30,33-41,83-84H,6-21,23-27H2,1-5H3,(H2,58,89)(H,65,72)(H,69,90)(H,70,91)(H,71,98)(H,73,86)(H,74,87)(H,75,88)(H,76,95)(H,77,96)(H,78,93)(H,79,97)(H,80,94)(H,81,92)(H4,59,60,66)(H4,61,62,67)(H4,63,64,68)/t30-,33-,34-,35-,36-,37-,38-,39-,40-,41-/m0/s1. The molecule has 0 unspecified atom stereocenters. The number of primary amides is 1. The zero-order valence-electron chi connectivity index (χ0n) is 56.2. The Morgan fingerprint density at radius 3 is 1.36 bits per heavy atom. The minimum atomic E-state index is -1.81. The molecule has 41 nitrogen and oxygen atoms in total. The summed E-state index contributed by atoms with van der Waals surface area (Å²) in [6, 6.07) is -14.0. The smallest absolute Gasteiger partial charge is 0.245 e. The van der Waals surface area contributed by atoms with Crippen LogP contribution >= 0.6 is 11.8 Å². The molecule has 14 amide bonds. The first-order valence-electron chi connectivity index (χ1n) is 31.7. The van der Waals surface area contributed by atoms with Crippen LogP contribution < -0.4 is 104 Å². The molecule has 0 saturated carbocycles. The van der Waals surface area contributed by atoms with Crippen LogP contribution in [-0.2, 0) is 73.5 Å². The molecule has 1 aromatic heterocycles. The Kier molecular flexibility index (Phi) is 39.0. The number of H-pyrrole nitrogens is 1. The average Bonchev–Trinajstić information content (AvgIpc) is 1.55. The molecule has 0 aliphatic carbocycles. The van der Waals surface area contributed by atoms with E-state index in [1.807, 2.05) is 0 Å². The highest BCUT2D eigenvalue weighted by Crippen LogP contribution is 2.17. The highest BCUT2D eigenvalue weighted by molar-refractivity contribution is 7.98. The predicted molar refractivity (Wildman–Crippen MR) is 360 cm³/mol. The Morgan fingerprint density at radius 2 is 0.939 bits per heavy atom. The van der Waals surface area contributed by atoms with Gasteiger partial charge in [0.25, 0.3) is 0 Å². The maximum absolute atomic E-state index is 14.4. The van der Waals surface area contributed by atoms with Gasteiger partial charge in [-0.05, 0) is 89.1 Å². The zero-order chi connectivity index (χ0) is 74.3. The molecular formula is C57H99N25O16S. The minimum Gasteiger partial charge on any atom is -0.394 e. The van der Waals surface area contributed by atoms with Crippen molar-refractivity contribution in [3.05, 3.63) is 18.2 Å². The summed E-state index contributed by atoms with van der Waals surface area (Å²) < 4.78 is 0. The summed E-state index contributed by atoms with van der Waals surface area (Å²) in [6.07, 6.45) is 4.85. The van der Waals surface area contributed by atoms with Crippen molar-refractivity contribution in [3.63, 3.8) is 0 Å². The number of thioether (sulfide) groups is 1. The van der Waals surface area contributed by atoms with Crippen molar-refractivity contribution in [3.8, 4) is 0 Å². The third-order valence-corrected chi connectivity index (χ3v) is 15.3. The van der Waals surface area contributed by atoms with Gasteiger partial charge in [-0.1, -0.05) is 13.8 Å². The van der Waals surface area contributed by atoms with E-state index >= 15 is 0 Å². The van der Waals surface area contributed by atoms with E-state index in [0.29, 0.717) is 30.8 Å². The average molecular weight is 1420 g/mol. The van der Waals surface area contributed by atoms with Crippen molar-refractivity contribution in [1.82, 2.24) is 78.7 Å². The van der Waals surface area contributed by atoms with Crippen LogP contribution in [0.3, 0.4) is 0 Å². The van der Waals surface area contributed by atoms with E-state index in [-0.39, 0.29) is 107 Å². The quantitative estimate of drug-likeness (QED) is 0.0164. The lowest BCUT2D eigenvalue weighted by Gasteiger charge is -2.28. The van der Waals surface area contributed by atoms with Gasteiger partial charge >= 0.3 is 0 Å². The normalized spacial score (nSPS) is 15.1. The molecule has 1 aliphatic heterocycles. The fourth-order valence-electron chi connectivity index (χ4n) is 9.51. The first-order valence-corrected chi connectivity index (χ1v) is 33.1. The Bertz CT molecular complexity index is 2980. The van der Waals surface area contributed by atoms with Crippen molar-refractivity contribution in [1.29, 1.82) is 0 Å². The van der Waals surface area contributed by atoms with Crippen molar-refractivity contribution < 1.29 is 77.3 Å². The van der Waals surface area contributed by atoms with Crippen LogP contribution in [0, 0.1) is 5.92 Å². The third kappa shape index (κ3) is 33.6. The van der Waals surface area contributed by atoms with Crippen LogP contribution in [-0.4, -0.2) is 257 Å². The van der Waals surface area contributed by atoms with Gasteiger partial charge < -0.3 is 124 Å². The Hall–Kier alpha value is -10.1. The number of guanidine groups is 3. The summed E-state index contributed by atoms with van der Waals surface area (Å²) in [5.41, 5.74) is 38.5. The number of nitrogens with zero attached hydrogens (tertiary/aromatic N) is 5. The molecule has 1 aliphatic rings. The zero-order valence-corrected chi connectivity index (χ0v) is 57.0. The summed E-state index contributed by atoms with van der Waals surface area (Å²) >= 11 is 1.36. The van der Waals surface area contributed by atoms with Crippen LogP contribution in [0.5, 0.6) is 0 Å². The number of aliphatic imine (C=N–C) groups is 3. The van der Waals surface area contributed by atoms with Gasteiger partial charge in [0.1, 0.15) is 60.4 Å². The fourth-order valence-corrected chi connectivity index (χ4v) is 9.98. The monoisotopic (exact) mass is 1420 g/mol. The van der Waals surface area contributed by atoms with Crippen LogP contribution in [0.25, 0.3) is 0 Å². The number of rotatable bonds is 46. The van der Waals surface area contributed by atoms with Gasteiger partial charge in [-0.2, -0.15) is 11.8 Å². The highest BCUT2D eigenvalue weighted by atomic mass is 32.2. The summed E-state index contributed by atoms with van der Waals surface area (Å²) in [6.45, 7) is 2.18. The third-order valence-electron chi connectivity index (χ3n) is 14.6. The molecule has 554 valence electrons. The lowest BCUT2D eigenvalue weighted by atomic mass is 10.0. The SMILES string of the molecule is CSCC[C@H](NC(=O)CNC(=O)[C@@H]1CCCN1C(C)=O)C(=O)N[C@@H](CCCN=C(N)N)C(=O)N[C@@H](CC(C)C)C(=O)N[C@@H](CCCN=C(N)N)C(=O)N[C@@H](CO)C(=O)NCC(=O)N[C@@H](CCCN=C(N)N)C(=O)N[C@@H](CO)C(=O)N[C@@H](Cc1cnc[nH]1)C(=O)NCC(=O)N[C@@H](C)C(N)=O. The molecule has 1 aromatic rings. The molecule has 0 spiro atoms. The van der Waals surface area contributed by atoms with E-state index in [0.717, 1.165) is 0 Å². The number of imidazole rings is 1. The molecule has 1 saturated heterocycles. The van der Waals surface area contributed by atoms with E-state index in [1.54, 1.807) is 20.1 Å². The van der Waals surface area contributed by atoms with E-state index in [1.165, 1.54) is 43.0 Å². The number of carbonyl (C=O) groups is 14. The molecule has 99 heavy (non-hydrogen) atoms. The number of hydrogen-bond donors (Lipinski definition) is 22. The van der Waals surface area contributed by atoms with Gasteiger partial charge in [0.15, 0.2) is 17.9 Å². The number of aromatic amines is 1. The van der Waals surface area contributed by atoms with E-state index in [4.69, 9.17) is 40.1 Å². The molecule has 2 rings (SSSR count). The van der Waals surface area contributed by atoms with Gasteiger partial charge in [0, 0.05) is 51.4 Å². The fraction of sp³-hybridized carbons (Fsp3) is 0.649. The molecule has 29 N–H and O–H groups in total. The number of carbonyl (C=O) groups excluding carboxylic acids is 14. The Balaban J connectivity index is 2.34. The first kappa shape index (κ1) is 85.0. The molecular weight excluding hydrogens is 1320 g/mol. The molecule has 42 heteroatoms. The second-order valence-electron chi connectivity index (χ2n) is 23.2. The van der Waals surface area contributed by atoms with Gasteiger partial charge in [-0.3, -0.25) is 82.1 Å². The van der Waals surface area contributed by atoms with Crippen LogP contribution in [0.2, 0.25) is 0 Å². The van der Waals surface area contributed by atoms with Crippen molar-refractivity contribution >= 4 is 112 Å². The Labute approximate surface area is 575 Å². The van der Waals surface area contributed by atoms with E-state index in [2.05, 4.69) is 88.7 Å². The first-order chi connectivity index (χ1) is 46.8. The summed E-state index contributed by atoms with van der Waals surface area (Å²) in [7, 11) is 0. The van der Waals surface area contributed by atoms with Gasteiger partial charge in [-0.25, -0.2) is 4.98 Å². The van der Waals surface area contributed by atoms with Crippen molar-refractivity contribution in [2.45, 2.75) is 159 Å². The number of aromatic nitrogens is 2. The number of nitrogens with one attached hydrogen (secondary N) is 13. The van der Waals surface area contributed by atoms with Crippen molar-refractivity contribution in [2.75, 3.05) is 71.0 Å². The summed E-state index contributed by atoms with van der Waals surface area (Å²) in [4.78, 5) is 207. The summed E-state index contributed by atoms with van der Waals surface area (Å²) in [5, 5.41) is 49.9. The lowest BCUT2D eigenvalue weighted by Crippen LogP contribution is -2.60. The number of likely N-dealkylation sites (tertiary alicyclic amines) is 1. The molecule has 0 bridgehead atoms.